The normalized spacial score (nSPS) is 12.9. The van der Waals surface area contributed by atoms with Crippen LogP contribution in [0.3, 0.4) is 0 Å². The van der Waals surface area contributed by atoms with Crippen molar-refractivity contribution in [2.24, 2.45) is 5.92 Å². The van der Waals surface area contributed by atoms with Crippen molar-refractivity contribution in [1.29, 1.82) is 0 Å². The lowest BCUT2D eigenvalue weighted by molar-refractivity contribution is -0.00949. The van der Waals surface area contributed by atoms with Gasteiger partial charge >= 0.3 is 5.97 Å². The van der Waals surface area contributed by atoms with E-state index in [1.165, 1.54) is 0 Å². The summed E-state index contributed by atoms with van der Waals surface area (Å²) in [7, 11) is 0. The Balaban J connectivity index is 1.81. The van der Waals surface area contributed by atoms with E-state index in [-0.39, 0.29) is 18.1 Å². The van der Waals surface area contributed by atoms with E-state index in [9.17, 15) is 4.79 Å². The molecule has 3 rings (SSSR count). The molecule has 104 valence electrons. The largest absolute Gasteiger partial charge is 0.463 e. The first-order valence-corrected chi connectivity index (χ1v) is 6.55. The molecular weight excluding hydrogens is 256 g/mol. The molecule has 0 saturated heterocycles. The van der Waals surface area contributed by atoms with E-state index in [0.29, 0.717) is 11.3 Å². The minimum absolute atomic E-state index is 0.171. The van der Waals surface area contributed by atoms with E-state index in [2.05, 4.69) is 4.98 Å². The lowest BCUT2D eigenvalue weighted by Crippen LogP contribution is -2.21. The number of nitrogens with one attached hydrogen (secondary N) is 1. The molecule has 3 aromatic rings. The number of nitrogens with zero attached hydrogens (tertiary/aromatic N) is 1. The molecule has 0 amide bonds. The Morgan fingerprint density at radius 1 is 1.35 bits per heavy atom. The molecule has 0 fully saturated rings. The van der Waals surface area contributed by atoms with Crippen molar-refractivity contribution in [2.75, 3.05) is 0 Å². The van der Waals surface area contributed by atoms with Gasteiger partial charge in [-0.15, -0.1) is 0 Å². The highest BCUT2D eigenvalue weighted by Gasteiger charge is 2.21. The summed E-state index contributed by atoms with van der Waals surface area (Å²) in [6.45, 7) is 4.02. The zero-order valence-corrected chi connectivity index (χ0v) is 11.4. The van der Waals surface area contributed by atoms with Gasteiger partial charge < -0.3 is 18.7 Å². The van der Waals surface area contributed by atoms with Crippen LogP contribution in [0.15, 0.2) is 47.3 Å². The molecule has 5 nitrogen and oxygen atoms in total. The minimum Gasteiger partial charge on any atom is -0.463 e. The van der Waals surface area contributed by atoms with E-state index in [1.807, 2.05) is 42.9 Å². The number of furan rings is 1. The molecule has 1 N–H and O–H groups in total. The number of H-pyrrole nitrogens is 1. The molecular formula is C15H16N2O3. The van der Waals surface area contributed by atoms with Crippen molar-refractivity contribution in [2.45, 2.75) is 20.1 Å². The van der Waals surface area contributed by atoms with E-state index in [1.54, 1.807) is 18.4 Å². The summed E-state index contributed by atoms with van der Waals surface area (Å²) in [5.74, 6) is -0.215. The maximum absolute atomic E-state index is 12.2. The van der Waals surface area contributed by atoms with Crippen LogP contribution in [0.2, 0.25) is 0 Å². The number of esters is 1. The first kappa shape index (κ1) is 12.6. The molecule has 0 radical (unpaired) electrons. The number of fused-ring (bicyclic) bond motifs is 1. The van der Waals surface area contributed by atoms with Gasteiger partial charge in [0.2, 0.25) is 0 Å². The lowest BCUT2D eigenvalue weighted by atomic mass is 10.2. The molecule has 1 unspecified atom stereocenters. The van der Waals surface area contributed by atoms with Gasteiger partial charge in [-0.25, -0.2) is 4.79 Å². The van der Waals surface area contributed by atoms with Crippen molar-refractivity contribution < 1.29 is 13.9 Å². The Hall–Kier alpha value is -2.43. The summed E-state index contributed by atoms with van der Waals surface area (Å²) in [5.41, 5.74) is 1.84. The number of rotatable bonds is 4. The second-order valence-corrected chi connectivity index (χ2v) is 5.05. The maximum atomic E-state index is 12.2. The Morgan fingerprint density at radius 2 is 2.10 bits per heavy atom. The monoisotopic (exact) mass is 272 g/mol. The zero-order chi connectivity index (χ0) is 14.1. The summed E-state index contributed by atoms with van der Waals surface area (Å²) in [4.78, 5) is 15.2. The number of hydrogen-bond donors (Lipinski definition) is 1. The molecule has 0 spiro atoms. The van der Waals surface area contributed by atoms with Crippen LogP contribution in [0.25, 0.3) is 11.1 Å². The fourth-order valence-corrected chi connectivity index (χ4v) is 2.19. The Morgan fingerprint density at radius 3 is 2.75 bits per heavy atom. The highest BCUT2D eigenvalue weighted by atomic mass is 16.6. The first-order chi connectivity index (χ1) is 9.65. The Kier molecular flexibility index (Phi) is 3.10. The molecule has 1 atom stereocenters. The molecule has 20 heavy (non-hydrogen) atoms. The topological polar surface area (TPSA) is 60.2 Å². The van der Waals surface area contributed by atoms with Crippen LogP contribution in [0.4, 0.5) is 0 Å². The molecule has 3 heterocycles. The molecule has 0 saturated carbocycles. The fourth-order valence-electron chi connectivity index (χ4n) is 2.19. The van der Waals surface area contributed by atoms with Crippen molar-refractivity contribution in [3.63, 3.8) is 0 Å². The average molecular weight is 272 g/mol. The Labute approximate surface area is 116 Å². The van der Waals surface area contributed by atoms with Gasteiger partial charge in [-0.3, -0.25) is 0 Å². The molecule has 0 aliphatic heterocycles. The van der Waals surface area contributed by atoms with Gasteiger partial charge in [-0.2, -0.15) is 0 Å². The number of carbonyl (C=O) groups is 1. The molecule has 0 bridgehead atoms. The smallest absolute Gasteiger partial charge is 0.356 e. The van der Waals surface area contributed by atoms with Gasteiger partial charge in [0.05, 0.1) is 11.8 Å². The summed E-state index contributed by atoms with van der Waals surface area (Å²) in [5, 5.41) is 0. The van der Waals surface area contributed by atoms with Crippen molar-refractivity contribution in [3.05, 3.63) is 48.6 Å². The van der Waals surface area contributed by atoms with Gasteiger partial charge in [-0.05, 0) is 12.1 Å². The summed E-state index contributed by atoms with van der Waals surface area (Å²) in [6, 6.07) is 7.25. The van der Waals surface area contributed by atoms with E-state index >= 15 is 0 Å². The van der Waals surface area contributed by atoms with E-state index in [4.69, 9.17) is 9.15 Å². The Bertz CT molecular complexity index is 678. The summed E-state index contributed by atoms with van der Waals surface area (Å²) in [6.07, 6.45) is 5.02. The zero-order valence-electron chi connectivity index (χ0n) is 11.4. The number of aromatic amines is 1. The SMILES string of the molecule is CC(C)C(OC(=O)c1cc2occc2[nH]1)n1cccc1. The third-order valence-electron chi connectivity index (χ3n) is 3.18. The number of carbonyl (C=O) groups excluding carboxylic acids is 1. The van der Waals surface area contributed by atoms with Crippen LogP contribution < -0.4 is 0 Å². The quantitative estimate of drug-likeness (QED) is 0.738. The van der Waals surface area contributed by atoms with E-state index < -0.39 is 0 Å². The molecule has 0 aliphatic rings. The van der Waals surface area contributed by atoms with Gasteiger partial charge in [0.25, 0.3) is 0 Å². The van der Waals surface area contributed by atoms with Crippen LogP contribution in [0, 0.1) is 5.92 Å². The van der Waals surface area contributed by atoms with Crippen molar-refractivity contribution in [3.8, 4) is 0 Å². The summed E-state index contributed by atoms with van der Waals surface area (Å²) >= 11 is 0. The number of ether oxygens (including phenoxy) is 1. The molecule has 0 aromatic carbocycles. The predicted octanol–water partition coefficient (Wildman–Crippen LogP) is 3.57. The number of aromatic nitrogens is 2. The van der Waals surface area contributed by atoms with Crippen LogP contribution in [0.1, 0.15) is 30.6 Å². The minimum atomic E-state index is -0.385. The van der Waals surface area contributed by atoms with Gasteiger partial charge in [0.15, 0.2) is 11.8 Å². The molecule has 3 aromatic heterocycles. The molecule has 0 aliphatic carbocycles. The standard InChI is InChI=1S/C15H16N2O3/c1-10(2)14(17-6-3-4-7-17)20-15(18)12-9-13-11(16-12)5-8-19-13/h3-10,14,16H,1-2H3. The van der Waals surface area contributed by atoms with Crippen LogP contribution in [-0.4, -0.2) is 15.5 Å². The van der Waals surface area contributed by atoms with Gasteiger partial charge in [0, 0.05) is 30.4 Å². The second kappa shape index (κ2) is 4.92. The van der Waals surface area contributed by atoms with Crippen LogP contribution in [0.5, 0.6) is 0 Å². The first-order valence-electron chi connectivity index (χ1n) is 6.55. The summed E-state index contributed by atoms with van der Waals surface area (Å²) < 4.78 is 12.7. The second-order valence-electron chi connectivity index (χ2n) is 5.05. The highest BCUT2D eigenvalue weighted by Crippen LogP contribution is 2.23. The lowest BCUT2D eigenvalue weighted by Gasteiger charge is -2.22. The van der Waals surface area contributed by atoms with Crippen molar-refractivity contribution in [1.82, 2.24) is 9.55 Å². The predicted molar refractivity (Wildman–Crippen MR) is 74.3 cm³/mol. The van der Waals surface area contributed by atoms with E-state index in [0.717, 1.165) is 5.52 Å². The van der Waals surface area contributed by atoms with Crippen molar-refractivity contribution >= 4 is 17.1 Å². The molecule has 5 heteroatoms. The van der Waals surface area contributed by atoms with Crippen LogP contribution >= 0.6 is 0 Å². The maximum Gasteiger partial charge on any atom is 0.356 e. The highest BCUT2D eigenvalue weighted by molar-refractivity contribution is 5.93. The van der Waals surface area contributed by atoms with Gasteiger partial charge in [0.1, 0.15) is 5.69 Å². The average Bonchev–Trinajstić information content (AvgIpc) is 3.10. The van der Waals surface area contributed by atoms with Gasteiger partial charge in [-0.1, -0.05) is 13.8 Å². The number of hydrogen-bond acceptors (Lipinski definition) is 3. The van der Waals surface area contributed by atoms with Crippen LogP contribution in [-0.2, 0) is 4.74 Å². The third kappa shape index (κ3) is 2.22. The third-order valence-corrected chi connectivity index (χ3v) is 3.18. The fraction of sp³-hybridized carbons (Fsp3) is 0.267.